The molecule has 0 aliphatic heterocycles. The van der Waals surface area contributed by atoms with Gasteiger partial charge in [0.05, 0.1) is 0 Å². The minimum atomic E-state index is 0. The van der Waals surface area contributed by atoms with Gasteiger partial charge in [-0.1, -0.05) is 54.6 Å². The van der Waals surface area contributed by atoms with E-state index >= 15 is 0 Å². The molecule has 0 aliphatic rings. The second-order valence-electron chi connectivity index (χ2n) is 4.46. The van der Waals surface area contributed by atoms with Gasteiger partial charge < -0.3 is 73.0 Å². The van der Waals surface area contributed by atoms with Crippen LogP contribution in [0.1, 0.15) is 0 Å². The zero-order valence-electron chi connectivity index (χ0n) is 14.8. The van der Waals surface area contributed by atoms with Crippen molar-refractivity contribution < 1.29 is 66.8 Å². The summed E-state index contributed by atoms with van der Waals surface area (Å²) in [5.74, 6) is 0. The molecule has 0 atom stereocenters. The maximum Gasteiger partial charge on any atom is 0.127 e. The third-order valence-corrected chi connectivity index (χ3v) is 2.53. The second kappa shape index (κ2) is 23.7. The largest absolute Gasteiger partial charge is 1.00 e. The van der Waals surface area contributed by atoms with Gasteiger partial charge in [0.1, 0.15) is 17.1 Å². The Morgan fingerprint density at radius 3 is 0.577 bits per heavy atom. The van der Waals surface area contributed by atoms with Crippen molar-refractivity contribution in [1.82, 2.24) is 6.15 Å². The van der Waals surface area contributed by atoms with Gasteiger partial charge in [-0.15, -0.1) is 0 Å². The summed E-state index contributed by atoms with van der Waals surface area (Å²) in [5.41, 5.74) is 14.4. The molecule has 0 aromatic heterocycles. The summed E-state index contributed by atoms with van der Waals surface area (Å²) in [6.45, 7) is 0. The van der Waals surface area contributed by atoms with Gasteiger partial charge in [-0.05, 0) is 36.4 Å². The second-order valence-corrected chi connectivity index (χ2v) is 4.46. The van der Waals surface area contributed by atoms with Gasteiger partial charge in [-0.3, -0.25) is 0 Å². The quantitative estimate of drug-likeness (QED) is 0.265. The molecule has 0 radical (unpaired) electrons. The number of rotatable bonds is 0. The molecule has 0 bridgehead atoms. The molecule has 0 saturated heterocycles. The fourth-order valence-corrected chi connectivity index (χ4v) is 1.43. The van der Waals surface area contributed by atoms with Gasteiger partial charge in [-0.25, -0.2) is 0 Å². The van der Waals surface area contributed by atoms with Crippen molar-refractivity contribution >= 4 is 17.1 Å². The van der Waals surface area contributed by atoms with Crippen LogP contribution in [0.5, 0.6) is 0 Å². The minimum Gasteiger partial charge on any atom is -1.00 e. The van der Waals surface area contributed by atoms with Crippen molar-refractivity contribution in [3.8, 4) is 0 Å². The Morgan fingerprint density at radius 1 is 0.346 bits per heavy atom. The van der Waals surface area contributed by atoms with Crippen LogP contribution in [0.15, 0.2) is 91.0 Å². The first kappa shape index (κ1) is 35.7. The number of hydrogen-bond donors (Lipinski definition) is 4. The van der Waals surface area contributed by atoms with Crippen LogP contribution in [0.2, 0.25) is 0 Å². The summed E-state index contributed by atoms with van der Waals surface area (Å²) >= 11 is 0. The molecule has 3 aromatic carbocycles. The molecule has 3 aromatic rings. The maximum atomic E-state index is 3.72. The molecule has 3 rings (SSSR count). The predicted molar refractivity (Wildman–Crippen MR) is 93.0 cm³/mol. The number of quaternary nitrogens is 4. The first-order valence-corrected chi connectivity index (χ1v) is 6.79. The minimum absolute atomic E-state index is 0. The lowest BCUT2D eigenvalue weighted by Gasteiger charge is -1.78. The maximum absolute atomic E-state index is 3.72. The fraction of sp³-hybridized carbons (Fsp3) is 0. The molecule has 148 valence electrons. The topological polar surface area (TPSA) is 119 Å². The Balaban J connectivity index is -0.0000000774. The molecule has 0 amide bonds. The summed E-state index contributed by atoms with van der Waals surface area (Å²) in [7, 11) is 0. The molecule has 0 unspecified atom stereocenters. The molecule has 0 fully saturated rings. The lowest BCUT2D eigenvalue weighted by Crippen LogP contribution is -3.00. The Hall–Kier alpha value is -1.34. The highest BCUT2D eigenvalue weighted by molar-refractivity contribution is 5.26. The Kier molecular flexibility index (Phi) is 32.5. The monoisotopic (exact) mass is 440 g/mol. The Bertz CT molecular complexity index is 510. The third-order valence-electron chi connectivity index (χ3n) is 2.53. The van der Waals surface area contributed by atoms with Crippen molar-refractivity contribution in [1.29, 1.82) is 0 Å². The number of hydrogen-bond acceptors (Lipinski definition) is 0. The summed E-state index contributed by atoms with van der Waals surface area (Å²) in [6.07, 6.45) is 0. The van der Waals surface area contributed by atoms with Crippen molar-refractivity contribution in [3.63, 3.8) is 0 Å². The van der Waals surface area contributed by atoms with Gasteiger partial charge in [-0.2, -0.15) is 0 Å². The van der Waals surface area contributed by atoms with Crippen molar-refractivity contribution in [2.75, 3.05) is 0 Å². The molecule has 4 nitrogen and oxygen atoms in total. The van der Waals surface area contributed by atoms with Gasteiger partial charge >= 0.3 is 0 Å². The zero-order chi connectivity index (χ0) is 15.3. The summed E-state index contributed by atoms with van der Waals surface area (Å²) < 4.78 is 0. The highest BCUT2D eigenvalue weighted by Crippen LogP contribution is 1.94. The average Bonchev–Trinajstić information content (AvgIpc) is 2.51. The first-order valence-electron chi connectivity index (χ1n) is 6.79. The van der Waals surface area contributed by atoms with Crippen LogP contribution in [-0.4, -0.2) is 0 Å². The number of halogens is 4. The van der Waals surface area contributed by atoms with Crippen LogP contribution in [0.25, 0.3) is 0 Å². The molecule has 0 aliphatic carbocycles. The molecule has 0 saturated carbocycles. The molecule has 13 N–H and O–H groups in total. The van der Waals surface area contributed by atoms with Crippen LogP contribution in [0.3, 0.4) is 0 Å². The van der Waals surface area contributed by atoms with E-state index in [2.05, 4.69) is 17.2 Å². The van der Waals surface area contributed by atoms with Crippen LogP contribution >= 0.6 is 0 Å². The molecule has 8 heteroatoms. The van der Waals surface area contributed by atoms with E-state index < -0.39 is 0 Å². The van der Waals surface area contributed by atoms with E-state index in [1.807, 2.05) is 91.0 Å². The smallest absolute Gasteiger partial charge is 0.127 e. The van der Waals surface area contributed by atoms with Gasteiger partial charge in [0.25, 0.3) is 0 Å². The van der Waals surface area contributed by atoms with Crippen LogP contribution < -0.4 is 73.0 Å². The SMILES string of the molecule is [Cl-].[Cl-].[Cl-].[Cl-].[NH3+]c1ccccc1.[NH3+]c1ccccc1.[NH3+]c1ccccc1.[NH4+]. The van der Waals surface area contributed by atoms with Crippen LogP contribution in [0.4, 0.5) is 17.1 Å². The third kappa shape index (κ3) is 20.7. The predicted octanol–water partition coefficient (Wildman–Crippen LogP) is -9.93. The van der Waals surface area contributed by atoms with Crippen molar-refractivity contribution in [2.45, 2.75) is 0 Å². The molecule has 26 heavy (non-hydrogen) atoms. The highest BCUT2D eigenvalue weighted by Gasteiger charge is 1.78. The highest BCUT2D eigenvalue weighted by atomic mass is 35.5. The van der Waals surface area contributed by atoms with E-state index in [-0.39, 0.29) is 55.8 Å². The van der Waals surface area contributed by atoms with Crippen molar-refractivity contribution in [3.05, 3.63) is 91.0 Å². The molecular formula is C18H28Cl4N4. The standard InChI is InChI=1S/3C6H7N.4ClH.H3N/c3*7-6-4-2-1-3-5-6;;;;;/h3*1-5H,7H2;4*1H;1H3. The molecular weight excluding hydrogens is 414 g/mol. The summed E-state index contributed by atoms with van der Waals surface area (Å²) in [4.78, 5) is 0. The van der Waals surface area contributed by atoms with E-state index in [1.54, 1.807) is 0 Å². The van der Waals surface area contributed by atoms with Gasteiger partial charge in [0.15, 0.2) is 0 Å². The van der Waals surface area contributed by atoms with E-state index in [0.717, 1.165) is 17.1 Å². The average molecular weight is 442 g/mol. The summed E-state index contributed by atoms with van der Waals surface area (Å²) in [6, 6.07) is 29.6. The van der Waals surface area contributed by atoms with E-state index in [9.17, 15) is 0 Å². The van der Waals surface area contributed by atoms with E-state index in [1.165, 1.54) is 0 Å². The van der Waals surface area contributed by atoms with Crippen LogP contribution in [0, 0.1) is 0 Å². The van der Waals surface area contributed by atoms with Crippen molar-refractivity contribution in [2.24, 2.45) is 0 Å². The Labute approximate surface area is 180 Å². The van der Waals surface area contributed by atoms with E-state index in [4.69, 9.17) is 0 Å². The number of benzene rings is 3. The van der Waals surface area contributed by atoms with Gasteiger partial charge in [0.2, 0.25) is 0 Å². The summed E-state index contributed by atoms with van der Waals surface area (Å²) in [5, 5.41) is 0. The zero-order valence-corrected chi connectivity index (χ0v) is 17.8. The van der Waals surface area contributed by atoms with Gasteiger partial charge in [0, 0.05) is 0 Å². The lowest BCUT2D eigenvalue weighted by molar-refractivity contribution is -0.255. The first-order chi connectivity index (χ1) is 10.2. The Morgan fingerprint density at radius 2 is 0.500 bits per heavy atom. The molecule has 0 heterocycles. The fourth-order valence-electron chi connectivity index (χ4n) is 1.43. The molecule has 0 spiro atoms. The normalized spacial score (nSPS) is 7.04. The van der Waals surface area contributed by atoms with E-state index in [0.29, 0.717) is 0 Å². The lowest BCUT2D eigenvalue weighted by atomic mass is 10.3. The van der Waals surface area contributed by atoms with Crippen LogP contribution in [-0.2, 0) is 0 Å².